The average molecular weight is 584 g/mol. The van der Waals surface area contributed by atoms with E-state index in [4.69, 9.17) is 18.9 Å². The fraction of sp³-hybridized carbons (Fsp3) is 0.281. The molecule has 4 bridgehead atoms. The van der Waals surface area contributed by atoms with E-state index in [2.05, 4.69) is 20.6 Å². The minimum absolute atomic E-state index is 0.215. The van der Waals surface area contributed by atoms with Crippen LogP contribution < -0.4 is 29.6 Å². The summed E-state index contributed by atoms with van der Waals surface area (Å²) in [5.41, 5.74) is 3.29. The van der Waals surface area contributed by atoms with Crippen molar-refractivity contribution in [1.82, 2.24) is 25.3 Å². The molecule has 2 atom stereocenters. The monoisotopic (exact) mass is 583 g/mol. The third kappa shape index (κ3) is 6.41. The van der Waals surface area contributed by atoms with Crippen molar-refractivity contribution in [2.24, 2.45) is 0 Å². The van der Waals surface area contributed by atoms with Gasteiger partial charge in [0.1, 0.15) is 17.6 Å². The number of nitrogens with zero attached hydrogens (tertiary/aromatic N) is 3. The van der Waals surface area contributed by atoms with Gasteiger partial charge in [-0.05, 0) is 65.7 Å². The maximum absolute atomic E-state index is 13.5. The van der Waals surface area contributed by atoms with E-state index in [0.29, 0.717) is 49.0 Å². The summed E-state index contributed by atoms with van der Waals surface area (Å²) in [6, 6.07) is 20.0. The Bertz CT molecular complexity index is 1590. The van der Waals surface area contributed by atoms with Crippen LogP contribution in [0.4, 0.5) is 0 Å². The second-order valence-electron chi connectivity index (χ2n) is 10.5. The topological polar surface area (TPSA) is 116 Å². The fourth-order valence-corrected chi connectivity index (χ4v) is 5.37. The third-order valence-corrected chi connectivity index (χ3v) is 7.58. The van der Waals surface area contributed by atoms with Gasteiger partial charge in [-0.25, -0.2) is 4.68 Å². The van der Waals surface area contributed by atoms with Crippen molar-refractivity contribution in [2.45, 2.75) is 25.2 Å². The number of nitrogens with one attached hydrogen (secondary N) is 2. The molecule has 0 radical (unpaired) electrons. The van der Waals surface area contributed by atoms with Gasteiger partial charge in [-0.15, -0.1) is 0 Å². The van der Waals surface area contributed by atoms with Crippen molar-refractivity contribution in [3.05, 3.63) is 95.8 Å². The van der Waals surface area contributed by atoms with Crippen molar-refractivity contribution in [3.63, 3.8) is 0 Å². The zero-order valence-corrected chi connectivity index (χ0v) is 24.0. The lowest BCUT2D eigenvalue weighted by Gasteiger charge is -2.21. The summed E-state index contributed by atoms with van der Waals surface area (Å²) >= 11 is 0. The average Bonchev–Trinajstić information content (AvgIpc) is 3.69. The van der Waals surface area contributed by atoms with E-state index >= 15 is 0 Å². The molecule has 1 fully saturated rings. The van der Waals surface area contributed by atoms with E-state index < -0.39 is 0 Å². The van der Waals surface area contributed by atoms with E-state index in [9.17, 15) is 9.59 Å². The Kier molecular flexibility index (Phi) is 8.14. The zero-order chi connectivity index (χ0) is 29.8. The molecule has 3 aromatic carbocycles. The molecule has 1 saturated heterocycles. The number of carbonyl (C=O) groups is 2. The van der Waals surface area contributed by atoms with Crippen LogP contribution in [0, 0.1) is 0 Å². The second kappa shape index (κ2) is 12.5. The van der Waals surface area contributed by atoms with Gasteiger partial charge in [0.25, 0.3) is 11.8 Å². The van der Waals surface area contributed by atoms with Crippen molar-refractivity contribution in [1.29, 1.82) is 0 Å². The third-order valence-electron chi connectivity index (χ3n) is 7.58. The van der Waals surface area contributed by atoms with Crippen LogP contribution in [0.15, 0.2) is 79.1 Å². The number of fused-ring (bicyclic) bond motifs is 7. The van der Waals surface area contributed by atoms with Crippen LogP contribution in [-0.2, 0) is 17.9 Å². The van der Waals surface area contributed by atoms with Crippen molar-refractivity contribution in [2.75, 3.05) is 33.9 Å². The first-order chi connectivity index (χ1) is 21.0. The fourth-order valence-electron chi connectivity index (χ4n) is 5.37. The highest BCUT2D eigenvalue weighted by Gasteiger charge is 2.36. The number of hydrogen-bond acceptors (Lipinski definition) is 8. The van der Waals surface area contributed by atoms with E-state index in [1.807, 2.05) is 59.4 Å². The highest BCUT2D eigenvalue weighted by molar-refractivity contribution is 5.95. The van der Waals surface area contributed by atoms with E-state index in [-0.39, 0.29) is 30.6 Å². The van der Waals surface area contributed by atoms with Gasteiger partial charge in [-0.2, -0.15) is 5.10 Å². The molecular weight excluding hydrogens is 550 g/mol. The molecule has 7 rings (SSSR count). The molecule has 0 spiro atoms. The highest BCUT2D eigenvalue weighted by atomic mass is 16.5. The van der Waals surface area contributed by atoms with Crippen molar-refractivity contribution in [3.8, 4) is 28.7 Å². The van der Waals surface area contributed by atoms with Crippen LogP contribution in [0.25, 0.3) is 5.69 Å². The number of rotatable bonds is 5. The van der Waals surface area contributed by atoms with Crippen LogP contribution in [-0.4, -0.2) is 72.6 Å². The predicted octanol–water partition coefficient (Wildman–Crippen LogP) is 2.96. The van der Waals surface area contributed by atoms with Gasteiger partial charge in [-0.1, -0.05) is 12.1 Å². The summed E-state index contributed by atoms with van der Waals surface area (Å²) in [6.45, 7) is 1.86. The lowest BCUT2D eigenvalue weighted by molar-refractivity contribution is -0.123. The summed E-state index contributed by atoms with van der Waals surface area (Å²) in [7, 11) is 3.16. The van der Waals surface area contributed by atoms with Crippen LogP contribution >= 0.6 is 0 Å². The number of hydrogen-bond donors (Lipinski definition) is 2. The number of carbonyl (C=O) groups excluding carboxylic acids is 2. The first-order valence-electron chi connectivity index (χ1n) is 14.0. The molecule has 11 nitrogen and oxygen atoms in total. The van der Waals surface area contributed by atoms with E-state index in [0.717, 1.165) is 22.6 Å². The summed E-state index contributed by atoms with van der Waals surface area (Å²) in [5.74, 6) is 1.60. The molecular formula is C32H33N5O6. The smallest absolute Gasteiger partial charge is 0.258 e. The number of likely N-dealkylation sites (tertiary alicyclic amines) is 1. The molecule has 222 valence electrons. The first kappa shape index (κ1) is 28.1. The number of ether oxygens (including phenoxy) is 4. The highest BCUT2D eigenvalue weighted by Crippen LogP contribution is 2.29. The molecule has 2 N–H and O–H groups in total. The lowest BCUT2D eigenvalue weighted by atomic mass is 10.1. The minimum atomic E-state index is -0.321. The summed E-state index contributed by atoms with van der Waals surface area (Å²) in [6.07, 6.45) is 3.33. The normalized spacial score (nSPS) is 18.9. The Labute approximate surface area is 249 Å². The predicted molar refractivity (Wildman–Crippen MR) is 158 cm³/mol. The molecule has 1 aromatic heterocycles. The Morgan fingerprint density at radius 1 is 1.00 bits per heavy atom. The summed E-state index contributed by atoms with van der Waals surface area (Å²) in [4.78, 5) is 28.2. The molecule has 3 aliphatic rings. The molecule has 0 unspecified atom stereocenters. The molecule has 4 heterocycles. The molecule has 0 aliphatic carbocycles. The molecule has 43 heavy (non-hydrogen) atoms. The van der Waals surface area contributed by atoms with Gasteiger partial charge in [0.05, 0.1) is 25.9 Å². The van der Waals surface area contributed by atoms with Crippen molar-refractivity contribution >= 4 is 11.8 Å². The number of aromatic nitrogens is 2. The first-order valence-corrected chi connectivity index (χ1v) is 14.0. The van der Waals surface area contributed by atoms with Gasteiger partial charge in [0.15, 0.2) is 18.1 Å². The molecule has 11 heteroatoms. The Morgan fingerprint density at radius 3 is 2.63 bits per heavy atom. The SMILES string of the molecule is COc1ccc(-n2cccn2)c(CN2C[C@@H]3NC(=O)c4ccc(OC)c(c4)OCC(=O)NCc4ccc(cc4)O[C@H]3C2)c1. The Balaban J connectivity index is 1.29. The quantitative estimate of drug-likeness (QED) is 0.369. The van der Waals surface area contributed by atoms with Gasteiger partial charge in [0, 0.05) is 44.1 Å². The number of amides is 2. The largest absolute Gasteiger partial charge is 0.497 e. The van der Waals surface area contributed by atoms with Gasteiger partial charge < -0.3 is 29.6 Å². The van der Waals surface area contributed by atoms with E-state index in [1.54, 1.807) is 31.5 Å². The molecule has 4 aromatic rings. The zero-order valence-electron chi connectivity index (χ0n) is 24.0. The van der Waals surface area contributed by atoms with Crippen LogP contribution in [0.5, 0.6) is 23.0 Å². The number of methoxy groups -OCH3 is 2. The minimum Gasteiger partial charge on any atom is -0.497 e. The molecule has 0 saturated carbocycles. The standard InChI is InChI=1S/C32H33N5O6/c1-40-25-9-10-27(37-13-3-12-34-37)23(14-25)17-36-18-26-30(19-36)43-24-7-4-21(5-8-24)16-33-31(38)20-42-29-15-22(32(39)35-26)6-11-28(29)41-2/h3-15,26,30H,16-20H2,1-2H3,(H,33,38)(H,35,39)/t26-,30-/m0/s1. The maximum atomic E-state index is 13.5. The van der Waals surface area contributed by atoms with Crippen LogP contribution in [0.2, 0.25) is 0 Å². The Hall–Kier alpha value is -5.03. The lowest BCUT2D eigenvalue weighted by Crippen LogP contribution is -2.45. The summed E-state index contributed by atoms with van der Waals surface area (Å²) < 4.78 is 25.0. The van der Waals surface area contributed by atoms with Crippen LogP contribution in [0.3, 0.4) is 0 Å². The van der Waals surface area contributed by atoms with Crippen molar-refractivity contribution < 1.29 is 28.5 Å². The maximum Gasteiger partial charge on any atom is 0.258 e. The van der Waals surface area contributed by atoms with Crippen LogP contribution in [0.1, 0.15) is 21.5 Å². The second-order valence-corrected chi connectivity index (χ2v) is 10.5. The van der Waals surface area contributed by atoms with E-state index in [1.165, 1.54) is 7.11 Å². The number of benzene rings is 3. The van der Waals surface area contributed by atoms with Gasteiger partial charge in [-0.3, -0.25) is 14.5 Å². The van der Waals surface area contributed by atoms with Gasteiger partial charge in [0.2, 0.25) is 0 Å². The Morgan fingerprint density at radius 2 is 1.86 bits per heavy atom. The molecule has 3 aliphatic heterocycles. The molecule has 2 amide bonds. The summed E-state index contributed by atoms with van der Waals surface area (Å²) in [5, 5.41) is 10.4. The van der Waals surface area contributed by atoms with Gasteiger partial charge >= 0.3 is 0 Å².